The van der Waals surface area contributed by atoms with Gasteiger partial charge in [-0.1, -0.05) is 5.28 Å². The first-order chi connectivity index (χ1) is 4.00. The van der Waals surface area contributed by atoms with Crippen LogP contribution in [0.25, 0.3) is 0 Å². The van der Waals surface area contributed by atoms with E-state index in [9.17, 15) is 9.90 Å². The number of carboxylic acids is 1. The molecule has 8 heteroatoms. The molecular formula is C2H4AlMnNO5. The summed E-state index contributed by atoms with van der Waals surface area (Å²) in [7, 11) is 0. The van der Waals surface area contributed by atoms with Gasteiger partial charge in [-0.2, -0.15) is 0 Å². The Balaban J connectivity index is -0.0000000910. The summed E-state index contributed by atoms with van der Waals surface area (Å²) < 4.78 is 0. The minimum absolute atomic E-state index is 0. The SMILES string of the molecule is O=C([O-])[CH2][AlH2].O=[N+]([O-])[O-].[Mn+2]. The summed E-state index contributed by atoms with van der Waals surface area (Å²) in [6, 6.07) is 0. The van der Waals surface area contributed by atoms with Crippen molar-refractivity contribution in [2.45, 2.75) is 5.28 Å². The maximum atomic E-state index is 9.29. The molecule has 0 heterocycles. The van der Waals surface area contributed by atoms with E-state index in [1.54, 1.807) is 0 Å². The number of aliphatic carboxylic acids is 1. The molecule has 10 heavy (non-hydrogen) atoms. The van der Waals surface area contributed by atoms with Crippen LogP contribution in [0.3, 0.4) is 0 Å². The maximum Gasteiger partial charge on any atom is 2.00 e. The monoisotopic (exact) mass is 204 g/mol. The summed E-state index contributed by atoms with van der Waals surface area (Å²) in [5, 5.41) is 24.3. The second kappa shape index (κ2) is 11.5. The van der Waals surface area contributed by atoms with Crippen molar-refractivity contribution in [3.05, 3.63) is 15.3 Å². The van der Waals surface area contributed by atoms with Crippen molar-refractivity contribution >= 4 is 22.3 Å². The molecule has 0 amide bonds. The smallest absolute Gasteiger partial charge is 0.552 e. The van der Waals surface area contributed by atoms with E-state index in [1.165, 1.54) is 0 Å². The van der Waals surface area contributed by atoms with E-state index in [0.29, 0.717) is 16.3 Å². The van der Waals surface area contributed by atoms with Gasteiger partial charge < -0.3 is 25.2 Å². The van der Waals surface area contributed by atoms with Gasteiger partial charge in [-0.25, -0.2) is 0 Å². The molecule has 0 spiro atoms. The molecule has 0 aromatic carbocycles. The Bertz CT molecular complexity index is 104. The number of rotatable bonds is 1. The molecule has 0 fully saturated rings. The zero-order valence-corrected chi connectivity index (χ0v) is 8.25. The predicted octanol–water partition coefficient (Wildman–Crippen LogP) is -2.45. The second-order valence-corrected chi connectivity index (χ2v) is 1.66. The van der Waals surface area contributed by atoms with E-state index < -0.39 is 11.1 Å². The molecule has 0 N–H and O–H groups in total. The van der Waals surface area contributed by atoms with E-state index in [-0.39, 0.29) is 22.4 Å². The van der Waals surface area contributed by atoms with Gasteiger partial charge in [0.2, 0.25) is 16.3 Å². The van der Waals surface area contributed by atoms with Gasteiger partial charge in [0.25, 0.3) is 0 Å². The fourth-order valence-electron chi connectivity index (χ4n) is 0. The van der Waals surface area contributed by atoms with Crippen LogP contribution in [0.2, 0.25) is 5.28 Å². The van der Waals surface area contributed by atoms with Crippen molar-refractivity contribution in [1.82, 2.24) is 0 Å². The van der Waals surface area contributed by atoms with Crippen LogP contribution in [0, 0.1) is 15.3 Å². The van der Waals surface area contributed by atoms with Gasteiger partial charge in [-0.3, -0.25) is 0 Å². The first kappa shape index (κ1) is 16.4. The summed E-state index contributed by atoms with van der Waals surface area (Å²) in [4.78, 5) is 17.5. The number of hydrogen-bond acceptors (Lipinski definition) is 5. The summed E-state index contributed by atoms with van der Waals surface area (Å²) in [5.74, 6) is -0.934. The Morgan fingerprint density at radius 1 is 1.50 bits per heavy atom. The largest absolute Gasteiger partial charge is 2.00 e. The van der Waals surface area contributed by atoms with Crippen LogP contribution in [0.4, 0.5) is 0 Å². The topological polar surface area (TPSA) is 106 Å². The van der Waals surface area contributed by atoms with Gasteiger partial charge in [0.05, 0.1) is 5.09 Å². The molecule has 0 bridgehead atoms. The van der Waals surface area contributed by atoms with Gasteiger partial charge in [0.15, 0.2) is 0 Å². The minimum atomic E-state index is -1.75. The summed E-state index contributed by atoms with van der Waals surface area (Å²) in [6.07, 6.45) is 0. The van der Waals surface area contributed by atoms with Gasteiger partial charge in [-0.15, -0.1) is 0 Å². The summed E-state index contributed by atoms with van der Waals surface area (Å²) in [5.41, 5.74) is 0. The van der Waals surface area contributed by atoms with Crippen LogP contribution in [0.5, 0.6) is 0 Å². The molecule has 0 aliphatic heterocycles. The van der Waals surface area contributed by atoms with E-state index in [1.807, 2.05) is 0 Å². The third-order valence-corrected chi connectivity index (χ3v) is 0.866. The molecule has 6 nitrogen and oxygen atoms in total. The van der Waals surface area contributed by atoms with Crippen LogP contribution in [-0.4, -0.2) is 27.3 Å². The Hall–Kier alpha value is -0.278. The van der Waals surface area contributed by atoms with Crippen molar-refractivity contribution < 1.29 is 32.1 Å². The summed E-state index contributed by atoms with van der Waals surface area (Å²) in [6.45, 7) is 0. The van der Waals surface area contributed by atoms with E-state index >= 15 is 0 Å². The molecule has 0 unspecified atom stereocenters. The van der Waals surface area contributed by atoms with E-state index in [2.05, 4.69) is 0 Å². The number of hydrogen-bond donors (Lipinski definition) is 0. The van der Waals surface area contributed by atoms with Crippen molar-refractivity contribution in [1.29, 1.82) is 0 Å². The molecule has 0 saturated heterocycles. The fraction of sp³-hybridized carbons (Fsp3) is 0.500. The van der Waals surface area contributed by atoms with Crippen LogP contribution in [0.1, 0.15) is 0 Å². The zero-order valence-electron chi connectivity index (χ0n) is 5.07. The molecule has 0 atom stereocenters. The Labute approximate surface area is 75.2 Å². The number of carbonyl (C=O) groups is 1. The standard InChI is InChI=1S/C2H3O2.Al.Mn.NO3.2H/c1-2(3)4;;;2-1(3)4;;/h1H2,(H,3,4);;;;;/q;;+2;-1;;/p-1. The molecule has 0 saturated carbocycles. The van der Waals surface area contributed by atoms with Crippen molar-refractivity contribution in [3.63, 3.8) is 0 Å². The summed E-state index contributed by atoms with van der Waals surface area (Å²) >= 11 is 0.711. The quantitative estimate of drug-likeness (QED) is 0.267. The van der Waals surface area contributed by atoms with Crippen LogP contribution in [0.15, 0.2) is 0 Å². The second-order valence-electron chi connectivity index (χ2n) is 0.949. The fourth-order valence-corrected chi connectivity index (χ4v) is 0. The number of carboxylic acid groups (broad SMARTS) is 1. The van der Waals surface area contributed by atoms with Gasteiger partial charge in [0.1, 0.15) is 0 Å². The van der Waals surface area contributed by atoms with Crippen LogP contribution in [-0.2, 0) is 21.9 Å². The number of nitrogens with zero attached hydrogens (tertiary/aromatic N) is 1. The van der Waals surface area contributed by atoms with Crippen LogP contribution < -0.4 is 5.11 Å². The molecule has 57 valence electrons. The Morgan fingerprint density at radius 2 is 1.60 bits per heavy atom. The molecule has 0 aromatic rings. The third kappa shape index (κ3) is 118. The minimum Gasteiger partial charge on any atom is -0.552 e. The average Bonchev–Trinajstić information content (AvgIpc) is 1.65. The molecule has 0 aromatic heterocycles. The zero-order chi connectivity index (χ0) is 7.86. The van der Waals surface area contributed by atoms with E-state index in [0.717, 1.165) is 0 Å². The predicted molar refractivity (Wildman–Crippen MR) is 28.7 cm³/mol. The van der Waals surface area contributed by atoms with E-state index in [4.69, 9.17) is 15.3 Å². The van der Waals surface area contributed by atoms with Crippen molar-refractivity contribution in [2.75, 3.05) is 0 Å². The third-order valence-electron chi connectivity index (χ3n) is 0.289. The van der Waals surface area contributed by atoms with Crippen molar-refractivity contribution in [3.8, 4) is 0 Å². The maximum absolute atomic E-state index is 9.29. The molecule has 1 radical (unpaired) electrons. The average molecular weight is 204 g/mol. The molecule has 0 rings (SSSR count). The molecule has 0 aliphatic carbocycles. The van der Waals surface area contributed by atoms with Gasteiger partial charge in [0, 0.05) is 5.97 Å². The van der Waals surface area contributed by atoms with Crippen molar-refractivity contribution in [2.24, 2.45) is 0 Å². The Morgan fingerprint density at radius 3 is 1.60 bits per heavy atom. The van der Waals surface area contributed by atoms with Gasteiger partial charge in [-0.05, 0) is 0 Å². The number of carbonyl (C=O) groups excluding carboxylic acids is 1. The normalized spacial score (nSPS) is 6.00. The van der Waals surface area contributed by atoms with Crippen LogP contribution >= 0.6 is 0 Å². The molecular weight excluding hydrogens is 200 g/mol. The first-order valence-electron chi connectivity index (χ1n) is 2.02. The Kier molecular flexibility index (Phi) is 18.8. The first-order valence-corrected chi connectivity index (χ1v) is 3.43. The van der Waals surface area contributed by atoms with Gasteiger partial charge >= 0.3 is 17.1 Å². The molecule has 0 aliphatic rings.